The smallest absolute Gasteiger partial charge is 0.146 e. The molecule has 2 rings (SSSR count). The monoisotopic (exact) mass is 270 g/mol. The van der Waals surface area contributed by atoms with Crippen molar-refractivity contribution in [3.8, 4) is 0 Å². The fourth-order valence-corrected chi connectivity index (χ4v) is 3.34. The van der Waals surface area contributed by atoms with Gasteiger partial charge in [-0.2, -0.15) is 0 Å². The first-order chi connectivity index (χ1) is 8.58. The van der Waals surface area contributed by atoms with Crippen molar-refractivity contribution in [2.24, 2.45) is 5.73 Å². The van der Waals surface area contributed by atoms with E-state index < -0.39 is 10.8 Å². The van der Waals surface area contributed by atoms with Gasteiger partial charge in [-0.05, 0) is 25.0 Å². The van der Waals surface area contributed by atoms with E-state index in [1.807, 2.05) is 17.9 Å². The number of hydrogen-bond donors (Lipinski definition) is 1. The summed E-state index contributed by atoms with van der Waals surface area (Å²) in [6, 6.07) is 5.13. The van der Waals surface area contributed by atoms with Crippen LogP contribution in [0.15, 0.2) is 18.2 Å². The summed E-state index contributed by atoms with van der Waals surface area (Å²) < 4.78 is 25.4. The van der Waals surface area contributed by atoms with E-state index in [1.165, 1.54) is 6.07 Å². The molecule has 0 aliphatic carbocycles. The average Bonchev–Trinajstić information content (AvgIpc) is 2.30. The Morgan fingerprint density at radius 3 is 2.72 bits per heavy atom. The predicted molar refractivity (Wildman–Crippen MR) is 73.8 cm³/mol. The van der Waals surface area contributed by atoms with Crippen molar-refractivity contribution in [2.45, 2.75) is 19.4 Å². The highest BCUT2D eigenvalue weighted by Gasteiger charge is 2.21. The molecule has 3 nitrogen and oxygen atoms in total. The van der Waals surface area contributed by atoms with Gasteiger partial charge in [0.2, 0.25) is 0 Å². The number of benzene rings is 1. The van der Waals surface area contributed by atoms with Gasteiger partial charge in [0.15, 0.2) is 0 Å². The number of nitrogens with zero attached hydrogens (tertiary/aromatic N) is 1. The number of halogens is 1. The molecule has 1 aliphatic heterocycles. The standard InChI is InChI=1S/C13H19FN2OS/c1-10(15)9-11-3-2-4-12(14)13(11)16-5-7-18(17)8-6-16/h2-4,10H,5-9,15H2,1H3. The molecule has 0 saturated carbocycles. The Morgan fingerprint density at radius 1 is 1.44 bits per heavy atom. The third-order valence-electron chi connectivity index (χ3n) is 3.11. The number of nitrogens with two attached hydrogens (primary N) is 1. The summed E-state index contributed by atoms with van der Waals surface area (Å²) in [6.45, 7) is 3.22. The van der Waals surface area contributed by atoms with Crippen LogP contribution < -0.4 is 10.6 Å². The lowest BCUT2D eigenvalue weighted by atomic mass is 10.0. The summed E-state index contributed by atoms with van der Waals surface area (Å²) in [6.07, 6.45) is 0.659. The summed E-state index contributed by atoms with van der Waals surface area (Å²) >= 11 is 0. The number of rotatable bonds is 3. The molecule has 0 radical (unpaired) electrons. The van der Waals surface area contributed by atoms with Crippen LogP contribution in [0.4, 0.5) is 10.1 Å². The molecule has 1 fully saturated rings. The molecular weight excluding hydrogens is 251 g/mol. The largest absolute Gasteiger partial charge is 0.367 e. The Labute approximate surface area is 110 Å². The van der Waals surface area contributed by atoms with Gasteiger partial charge in [0.1, 0.15) is 5.82 Å². The lowest BCUT2D eigenvalue weighted by Gasteiger charge is -2.30. The molecule has 1 heterocycles. The van der Waals surface area contributed by atoms with Gasteiger partial charge in [-0.25, -0.2) is 4.39 Å². The minimum absolute atomic E-state index is 0.00414. The number of para-hydroxylation sites is 1. The summed E-state index contributed by atoms with van der Waals surface area (Å²) in [7, 11) is -0.747. The summed E-state index contributed by atoms with van der Waals surface area (Å²) in [5.41, 5.74) is 7.39. The van der Waals surface area contributed by atoms with E-state index in [0.717, 1.165) is 5.56 Å². The van der Waals surface area contributed by atoms with Crippen LogP contribution in [0.2, 0.25) is 0 Å². The second-order valence-corrected chi connectivity index (χ2v) is 6.46. The Balaban J connectivity index is 2.27. The average molecular weight is 270 g/mol. The zero-order valence-electron chi connectivity index (χ0n) is 10.6. The van der Waals surface area contributed by atoms with Crippen molar-refractivity contribution >= 4 is 16.5 Å². The van der Waals surface area contributed by atoms with Crippen molar-refractivity contribution in [3.63, 3.8) is 0 Å². The topological polar surface area (TPSA) is 46.3 Å². The van der Waals surface area contributed by atoms with Gasteiger partial charge in [0.25, 0.3) is 0 Å². The van der Waals surface area contributed by atoms with Crippen LogP contribution in [0.3, 0.4) is 0 Å². The molecule has 1 aromatic carbocycles. The van der Waals surface area contributed by atoms with Gasteiger partial charge in [0.05, 0.1) is 5.69 Å². The van der Waals surface area contributed by atoms with Crippen LogP contribution in [-0.4, -0.2) is 34.8 Å². The Morgan fingerprint density at radius 2 is 2.11 bits per heavy atom. The second kappa shape index (κ2) is 5.80. The number of anilines is 1. The summed E-state index contributed by atoms with van der Waals surface area (Å²) in [4.78, 5) is 1.99. The highest BCUT2D eigenvalue weighted by Crippen LogP contribution is 2.26. The van der Waals surface area contributed by atoms with Gasteiger partial charge in [-0.1, -0.05) is 12.1 Å². The molecule has 100 valence electrons. The summed E-state index contributed by atoms with van der Waals surface area (Å²) in [5.74, 6) is 1.03. The normalized spacial score (nSPS) is 18.9. The maximum Gasteiger partial charge on any atom is 0.146 e. The molecule has 1 atom stereocenters. The minimum atomic E-state index is -0.747. The van der Waals surface area contributed by atoms with Gasteiger partial charge in [-0.3, -0.25) is 4.21 Å². The highest BCUT2D eigenvalue weighted by atomic mass is 32.2. The maximum absolute atomic E-state index is 14.0. The van der Waals surface area contributed by atoms with Crippen molar-refractivity contribution in [2.75, 3.05) is 29.5 Å². The zero-order valence-corrected chi connectivity index (χ0v) is 11.4. The fourth-order valence-electron chi connectivity index (χ4n) is 2.29. The van der Waals surface area contributed by atoms with Crippen LogP contribution in [0.1, 0.15) is 12.5 Å². The van der Waals surface area contributed by atoms with Gasteiger partial charge < -0.3 is 10.6 Å². The molecule has 1 saturated heterocycles. The molecule has 0 amide bonds. The molecule has 1 aromatic rings. The van der Waals surface area contributed by atoms with E-state index in [4.69, 9.17) is 5.73 Å². The van der Waals surface area contributed by atoms with E-state index in [2.05, 4.69) is 0 Å². The Hall–Kier alpha value is -0.940. The molecule has 0 spiro atoms. The first-order valence-electron chi connectivity index (χ1n) is 6.21. The SMILES string of the molecule is CC(N)Cc1cccc(F)c1N1CCS(=O)CC1. The van der Waals surface area contributed by atoms with E-state index in [0.29, 0.717) is 36.7 Å². The lowest BCUT2D eigenvalue weighted by Crippen LogP contribution is -2.39. The van der Waals surface area contributed by atoms with Crippen molar-refractivity contribution < 1.29 is 8.60 Å². The second-order valence-electron chi connectivity index (χ2n) is 4.76. The van der Waals surface area contributed by atoms with Crippen LogP contribution in [0, 0.1) is 5.82 Å². The van der Waals surface area contributed by atoms with E-state index in [1.54, 1.807) is 6.07 Å². The fraction of sp³-hybridized carbons (Fsp3) is 0.538. The lowest BCUT2D eigenvalue weighted by molar-refractivity contribution is 0.611. The molecule has 1 aliphatic rings. The Kier molecular flexibility index (Phi) is 4.35. The minimum Gasteiger partial charge on any atom is -0.367 e. The van der Waals surface area contributed by atoms with Crippen LogP contribution in [0.25, 0.3) is 0 Å². The first kappa shape index (κ1) is 13.5. The third-order valence-corrected chi connectivity index (χ3v) is 4.38. The molecule has 0 bridgehead atoms. The van der Waals surface area contributed by atoms with Crippen molar-refractivity contribution in [3.05, 3.63) is 29.6 Å². The van der Waals surface area contributed by atoms with Gasteiger partial charge in [-0.15, -0.1) is 0 Å². The third kappa shape index (κ3) is 3.09. The molecule has 5 heteroatoms. The summed E-state index contributed by atoms with van der Waals surface area (Å²) in [5, 5.41) is 0. The van der Waals surface area contributed by atoms with Gasteiger partial charge >= 0.3 is 0 Å². The molecule has 1 unspecified atom stereocenters. The van der Waals surface area contributed by atoms with Crippen LogP contribution in [-0.2, 0) is 17.2 Å². The van der Waals surface area contributed by atoms with E-state index >= 15 is 0 Å². The predicted octanol–water partition coefficient (Wildman–Crippen LogP) is 1.28. The maximum atomic E-state index is 14.0. The van der Waals surface area contributed by atoms with E-state index in [9.17, 15) is 8.60 Å². The quantitative estimate of drug-likeness (QED) is 0.900. The molecule has 0 aromatic heterocycles. The number of hydrogen-bond acceptors (Lipinski definition) is 3. The van der Waals surface area contributed by atoms with Gasteiger partial charge in [0, 0.05) is 41.4 Å². The molecular formula is C13H19FN2OS. The van der Waals surface area contributed by atoms with Crippen LogP contribution >= 0.6 is 0 Å². The van der Waals surface area contributed by atoms with Crippen molar-refractivity contribution in [1.29, 1.82) is 0 Å². The van der Waals surface area contributed by atoms with Crippen molar-refractivity contribution in [1.82, 2.24) is 0 Å². The molecule has 2 N–H and O–H groups in total. The van der Waals surface area contributed by atoms with E-state index in [-0.39, 0.29) is 11.9 Å². The highest BCUT2D eigenvalue weighted by molar-refractivity contribution is 7.85. The molecule has 18 heavy (non-hydrogen) atoms. The zero-order chi connectivity index (χ0) is 13.1. The van der Waals surface area contributed by atoms with Crippen LogP contribution in [0.5, 0.6) is 0 Å². The Bertz CT molecular complexity index is 441. The first-order valence-corrected chi connectivity index (χ1v) is 7.69.